The summed E-state index contributed by atoms with van der Waals surface area (Å²) in [7, 11) is 0. The van der Waals surface area contributed by atoms with Crippen molar-refractivity contribution in [1.82, 2.24) is 21.7 Å². The van der Waals surface area contributed by atoms with Gasteiger partial charge in [0.2, 0.25) is 0 Å². The van der Waals surface area contributed by atoms with E-state index in [1.165, 1.54) is 0 Å². The summed E-state index contributed by atoms with van der Waals surface area (Å²) in [5, 5.41) is 0. The molecule has 8 nitrogen and oxygen atoms in total. The summed E-state index contributed by atoms with van der Waals surface area (Å²) >= 11 is 0. The van der Waals surface area contributed by atoms with Crippen LogP contribution in [-0.4, -0.2) is 18.2 Å². The standard InChI is InChI=1S/C6H16N6O2/c1-2-3-4(9-11-5(7)13)10-12-6(8)14/h4,9-10H,2-3H2,1H3,(H3,7,11,13)(H3,8,12,14). The molecule has 14 heavy (non-hydrogen) atoms. The fraction of sp³-hybridized carbons (Fsp3) is 0.667. The minimum absolute atomic E-state index is 0.319. The predicted octanol–water partition coefficient (Wildman–Crippen LogP) is -1.54. The highest BCUT2D eigenvalue weighted by Crippen LogP contribution is 1.89. The molecule has 0 bridgehead atoms. The first-order chi connectivity index (χ1) is 6.56. The first kappa shape index (κ1) is 12.5. The Kier molecular flexibility index (Phi) is 6.16. The minimum Gasteiger partial charge on any atom is -0.351 e. The Morgan fingerprint density at radius 2 is 1.57 bits per heavy atom. The van der Waals surface area contributed by atoms with E-state index in [9.17, 15) is 9.59 Å². The number of hydrogen-bond acceptors (Lipinski definition) is 4. The van der Waals surface area contributed by atoms with Crippen LogP contribution in [0.3, 0.4) is 0 Å². The SMILES string of the molecule is CCCC(NNC(N)=O)NNC(N)=O. The number of rotatable bonds is 6. The second-order valence-electron chi connectivity index (χ2n) is 2.61. The highest BCUT2D eigenvalue weighted by molar-refractivity contribution is 5.71. The van der Waals surface area contributed by atoms with Gasteiger partial charge in [-0.1, -0.05) is 13.3 Å². The molecular weight excluding hydrogens is 188 g/mol. The summed E-state index contributed by atoms with van der Waals surface area (Å²) in [6.07, 6.45) is 1.21. The summed E-state index contributed by atoms with van der Waals surface area (Å²) in [5.74, 6) is 0. The first-order valence-electron chi connectivity index (χ1n) is 4.18. The molecule has 0 saturated carbocycles. The third-order valence-corrected chi connectivity index (χ3v) is 1.32. The van der Waals surface area contributed by atoms with Crippen molar-refractivity contribution >= 4 is 12.1 Å². The maximum absolute atomic E-state index is 10.4. The van der Waals surface area contributed by atoms with Gasteiger partial charge in [-0.3, -0.25) is 10.9 Å². The van der Waals surface area contributed by atoms with Gasteiger partial charge in [0.25, 0.3) is 0 Å². The van der Waals surface area contributed by atoms with Gasteiger partial charge in [-0.05, 0) is 6.42 Å². The Hall–Kier alpha value is -1.54. The molecule has 0 unspecified atom stereocenters. The van der Waals surface area contributed by atoms with Gasteiger partial charge in [0, 0.05) is 0 Å². The Labute approximate surface area is 81.7 Å². The molecule has 0 aliphatic heterocycles. The van der Waals surface area contributed by atoms with Crippen LogP contribution < -0.4 is 33.2 Å². The fourth-order valence-corrected chi connectivity index (χ4v) is 0.786. The van der Waals surface area contributed by atoms with Crippen LogP contribution in [0.1, 0.15) is 19.8 Å². The molecule has 0 rings (SSSR count). The molecule has 0 aromatic heterocycles. The van der Waals surface area contributed by atoms with Crippen molar-refractivity contribution in [1.29, 1.82) is 0 Å². The van der Waals surface area contributed by atoms with Gasteiger partial charge < -0.3 is 11.5 Å². The number of hydrogen-bond donors (Lipinski definition) is 6. The van der Waals surface area contributed by atoms with E-state index in [1.54, 1.807) is 0 Å². The molecule has 0 aromatic carbocycles. The first-order valence-corrected chi connectivity index (χ1v) is 4.18. The van der Waals surface area contributed by atoms with Gasteiger partial charge >= 0.3 is 12.1 Å². The van der Waals surface area contributed by atoms with E-state index < -0.39 is 12.1 Å². The van der Waals surface area contributed by atoms with Crippen LogP contribution in [0.25, 0.3) is 0 Å². The molecule has 0 aromatic rings. The summed E-state index contributed by atoms with van der Waals surface area (Å²) < 4.78 is 0. The van der Waals surface area contributed by atoms with Crippen molar-refractivity contribution in [3.63, 3.8) is 0 Å². The van der Waals surface area contributed by atoms with E-state index in [0.29, 0.717) is 6.42 Å². The van der Waals surface area contributed by atoms with Gasteiger partial charge in [-0.2, -0.15) is 0 Å². The molecule has 8 N–H and O–H groups in total. The number of hydrazine groups is 2. The lowest BCUT2D eigenvalue weighted by molar-refractivity contribution is 0.229. The summed E-state index contributed by atoms with van der Waals surface area (Å²) in [6, 6.07) is -1.40. The van der Waals surface area contributed by atoms with Gasteiger partial charge in [-0.15, -0.1) is 0 Å². The van der Waals surface area contributed by atoms with E-state index in [0.717, 1.165) is 6.42 Å². The Morgan fingerprint density at radius 3 is 1.86 bits per heavy atom. The van der Waals surface area contributed by atoms with Gasteiger partial charge in [0.05, 0.1) is 6.17 Å². The van der Waals surface area contributed by atoms with Gasteiger partial charge in [0.1, 0.15) is 0 Å². The molecule has 0 heterocycles. The number of nitrogens with one attached hydrogen (secondary N) is 4. The van der Waals surface area contributed by atoms with Crippen LogP contribution in [0.4, 0.5) is 9.59 Å². The van der Waals surface area contributed by atoms with Crippen molar-refractivity contribution in [2.75, 3.05) is 0 Å². The molecule has 0 fully saturated rings. The number of carbonyl (C=O) groups is 2. The monoisotopic (exact) mass is 204 g/mol. The van der Waals surface area contributed by atoms with Crippen molar-refractivity contribution in [2.24, 2.45) is 11.5 Å². The lowest BCUT2D eigenvalue weighted by Crippen LogP contribution is -2.58. The molecule has 0 spiro atoms. The van der Waals surface area contributed by atoms with E-state index in [4.69, 9.17) is 11.5 Å². The van der Waals surface area contributed by atoms with E-state index in [2.05, 4.69) is 21.7 Å². The predicted molar refractivity (Wildman–Crippen MR) is 50.4 cm³/mol. The lowest BCUT2D eigenvalue weighted by atomic mass is 10.3. The quantitative estimate of drug-likeness (QED) is 0.231. The van der Waals surface area contributed by atoms with Crippen LogP contribution >= 0.6 is 0 Å². The number of nitrogens with two attached hydrogens (primary N) is 2. The molecule has 0 aliphatic rings. The number of carbonyl (C=O) groups excluding carboxylic acids is 2. The summed E-state index contributed by atoms with van der Waals surface area (Å²) in [5.41, 5.74) is 19.2. The number of urea groups is 2. The van der Waals surface area contributed by atoms with Crippen molar-refractivity contribution in [2.45, 2.75) is 25.9 Å². The summed E-state index contributed by atoms with van der Waals surface area (Å²) in [4.78, 5) is 20.7. The maximum atomic E-state index is 10.4. The zero-order valence-electron chi connectivity index (χ0n) is 7.96. The van der Waals surface area contributed by atoms with Crippen LogP contribution in [0.2, 0.25) is 0 Å². The molecule has 0 aliphatic carbocycles. The van der Waals surface area contributed by atoms with E-state index in [1.807, 2.05) is 6.92 Å². The largest absolute Gasteiger partial charge is 0.351 e. The third-order valence-electron chi connectivity index (χ3n) is 1.32. The van der Waals surface area contributed by atoms with E-state index >= 15 is 0 Å². The normalized spacial score (nSPS) is 9.86. The smallest absolute Gasteiger partial charge is 0.326 e. The molecule has 82 valence electrons. The lowest BCUT2D eigenvalue weighted by Gasteiger charge is -2.19. The molecule has 0 atom stereocenters. The van der Waals surface area contributed by atoms with Crippen LogP contribution in [0.5, 0.6) is 0 Å². The topological polar surface area (TPSA) is 134 Å². The summed E-state index contributed by atoms with van der Waals surface area (Å²) in [6.45, 7) is 1.95. The second-order valence-corrected chi connectivity index (χ2v) is 2.61. The van der Waals surface area contributed by atoms with Gasteiger partial charge in [0.15, 0.2) is 0 Å². The fourth-order valence-electron chi connectivity index (χ4n) is 0.786. The van der Waals surface area contributed by atoms with Crippen molar-refractivity contribution in [3.8, 4) is 0 Å². The van der Waals surface area contributed by atoms with Crippen LogP contribution in [-0.2, 0) is 0 Å². The van der Waals surface area contributed by atoms with Crippen molar-refractivity contribution in [3.05, 3.63) is 0 Å². The van der Waals surface area contributed by atoms with Crippen LogP contribution in [0.15, 0.2) is 0 Å². The van der Waals surface area contributed by atoms with E-state index in [-0.39, 0.29) is 6.17 Å². The van der Waals surface area contributed by atoms with Gasteiger partial charge in [-0.25, -0.2) is 20.4 Å². The minimum atomic E-state index is -0.702. The zero-order valence-corrected chi connectivity index (χ0v) is 7.96. The number of amides is 4. The molecule has 8 heteroatoms. The second kappa shape index (κ2) is 6.92. The Balaban J connectivity index is 3.76. The zero-order chi connectivity index (χ0) is 11.0. The third kappa shape index (κ3) is 7.13. The highest BCUT2D eigenvalue weighted by atomic mass is 16.2. The maximum Gasteiger partial charge on any atom is 0.326 e. The number of primary amides is 2. The Morgan fingerprint density at radius 1 is 1.14 bits per heavy atom. The van der Waals surface area contributed by atoms with Crippen molar-refractivity contribution < 1.29 is 9.59 Å². The average Bonchev–Trinajstić information content (AvgIpc) is 2.09. The molecule has 0 saturated heterocycles. The average molecular weight is 204 g/mol. The molecular formula is C6H16N6O2. The highest BCUT2D eigenvalue weighted by Gasteiger charge is 2.06. The Bertz CT molecular complexity index is 179. The van der Waals surface area contributed by atoms with Crippen LogP contribution in [0, 0.1) is 0 Å². The molecule has 0 radical (unpaired) electrons. The molecule has 4 amide bonds.